The average molecular weight is 312 g/mol. The van der Waals surface area contributed by atoms with Crippen molar-refractivity contribution in [3.63, 3.8) is 0 Å². The highest BCUT2D eigenvalue weighted by Crippen LogP contribution is 2.32. The first-order chi connectivity index (χ1) is 11.1. The first-order valence-electron chi connectivity index (χ1n) is 7.80. The Bertz CT molecular complexity index is 753. The van der Waals surface area contributed by atoms with E-state index >= 15 is 0 Å². The van der Waals surface area contributed by atoms with Crippen LogP contribution in [0.5, 0.6) is 0 Å². The smallest absolute Gasteiger partial charge is 0.255 e. The number of aliphatic hydroxyl groups excluding tert-OH is 1. The summed E-state index contributed by atoms with van der Waals surface area (Å²) in [4.78, 5) is 26.2. The summed E-state index contributed by atoms with van der Waals surface area (Å²) in [7, 11) is 1.64. The number of hydrogen-bond donors (Lipinski definition) is 2. The Labute approximate surface area is 134 Å². The summed E-state index contributed by atoms with van der Waals surface area (Å²) in [6.45, 7) is 0.154. The van der Waals surface area contributed by atoms with Crippen molar-refractivity contribution < 1.29 is 14.7 Å². The van der Waals surface area contributed by atoms with Gasteiger partial charge < -0.3 is 15.3 Å². The fourth-order valence-electron chi connectivity index (χ4n) is 2.56. The highest BCUT2D eigenvalue weighted by atomic mass is 16.3. The predicted molar refractivity (Wildman–Crippen MR) is 89.3 cm³/mol. The standard InChI is InChI=1S/C18H20N2O3/c1-20(8-9-21)18(23)15-10-13-4-2-3-5-14(13)11-16(15)19-17(22)12-6-7-12/h2-5,10-12,21H,6-9H2,1H3,(H,19,22). The highest BCUT2D eigenvalue weighted by molar-refractivity contribution is 6.08. The van der Waals surface area contributed by atoms with Crippen LogP contribution in [0.1, 0.15) is 23.2 Å². The van der Waals surface area contributed by atoms with Crippen molar-refractivity contribution in [2.75, 3.05) is 25.5 Å². The van der Waals surface area contributed by atoms with E-state index in [9.17, 15) is 9.59 Å². The molecule has 0 aliphatic heterocycles. The number of carbonyl (C=O) groups excluding carboxylic acids is 2. The average Bonchev–Trinajstić information content (AvgIpc) is 3.38. The minimum absolute atomic E-state index is 0.0286. The Morgan fingerprint density at radius 1 is 1.22 bits per heavy atom. The van der Waals surface area contributed by atoms with Crippen molar-refractivity contribution >= 4 is 28.3 Å². The van der Waals surface area contributed by atoms with Gasteiger partial charge in [-0.2, -0.15) is 0 Å². The maximum atomic E-state index is 12.6. The number of nitrogens with zero attached hydrogens (tertiary/aromatic N) is 1. The third-order valence-electron chi connectivity index (χ3n) is 4.10. The number of hydrogen-bond acceptors (Lipinski definition) is 3. The molecule has 1 aliphatic carbocycles. The van der Waals surface area contributed by atoms with Gasteiger partial charge in [0, 0.05) is 19.5 Å². The van der Waals surface area contributed by atoms with Crippen molar-refractivity contribution in [3.8, 4) is 0 Å². The van der Waals surface area contributed by atoms with E-state index < -0.39 is 0 Å². The Kier molecular flexibility index (Phi) is 4.30. The van der Waals surface area contributed by atoms with Crippen molar-refractivity contribution in [2.45, 2.75) is 12.8 Å². The maximum absolute atomic E-state index is 12.6. The fraction of sp³-hybridized carbons (Fsp3) is 0.333. The van der Waals surface area contributed by atoms with Crippen molar-refractivity contribution in [3.05, 3.63) is 42.0 Å². The third kappa shape index (κ3) is 3.35. The van der Waals surface area contributed by atoms with Crippen molar-refractivity contribution in [1.29, 1.82) is 0 Å². The van der Waals surface area contributed by atoms with Gasteiger partial charge in [0.15, 0.2) is 0 Å². The van der Waals surface area contributed by atoms with Crippen LogP contribution < -0.4 is 5.32 Å². The molecule has 0 radical (unpaired) electrons. The molecular formula is C18H20N2O3. The van der Waals surface area contributed by atoms with Gasteiger partial charge in [0.05, 0.1) is 17.9 Å². The number of likely N-dealkylation sites (N-methyl/N-ethyl adjacent to an activating group) is 1. The molecule has 0 saturated heterocycles. The second-order valence-electron chi connectivity index (χ2n) is 5.96. The van der Waals surface area contributed by atoms with E-state index in [2.05, 4.69) is 5.32 Å². The molecule has 3 rings (SSSR count). The van der Waals surface area contributed by atoms with Crippen LogP contribution in [0.2, 0.25) is 0 Å². The highest BCUT2D eigenvalue weighted by Gasteiger charge is 2.30. The van der Waals surface area contributed by atoms with Crippen molar-refractivity contribution in [1.82, 2.24) is 4.90 Å². The zero-order chi connectivity index (χ0) is 16.4. The first kappa shape index (κ1) is 15.5. The molecule has 23 heavy (non-hydrogen) atoms. The summed E-state index contributed by atoms with van der Waals surface area (Å²) in [6.07, 6.45) is 1.82. The van der Waals surface area contributed by atoms with Gasteiger partial charge in [-0.25, -0.2) is 0 Å². The number of rotatable bonds is 5. The number of benzene rings is 2. The van der Waals surface area contributed by atoms with Gasteiger partial charge in [0.2, 0.25) is 5.91 Å². The summed E-state index contributed by atoms with van der Waals surface area (Å²) in [5, 5.41) is 13.8. The summed E-state index contributed by atoms with van der Waals surface area (Å²) >= 11 is 0. The molecule has 5 nitrogen and oxygen atoms in total. The maximum Gasteiger partial charge on any atom is 0.255 e. The van der Waals surface area contributed by atoms with E-state index in [4.69, 9.17) is 5.11 Å². The lowest BCUT2D eigenvalue weighted by Crippen LogP contribution is -2.30. The largest absolute Gasteiger partial charge is 0.395 e. The monoisotopic (exact) mass is 312 g/mol. The molecule has 0 atom stereocenters. The number of fused-ring (bicyclic) bond motifs is 1. The molecule has 1 aliphatic rings. The Morgan fingerprint density at radius 2 is 1.87 bits per heavy atom. The molecule has 2 aromatic rings. The van der Waals surface area contributed by atoms with Gasteiger partial charge in [0.25, 0.3) is 5.91 Å². The lowest BCUT2D eigenvalue weighted by atomic mass is 10.0. The first-order valence-corrected chi connectivity index (χ1v) is 7.80. The van der Waals surface area contributed by atoms with E-state index in [1.165, 1.54) is 4.90 Å². The van der Waals surface area contributed by atoms with Crippen LogP contribution in [-0.4, -0.2) is 42.0 Å². The Hall–Kier alpha value is -2.40. The number of carbonyl (C=O) groups is 2. The van der Waals surface area contributed by atoms with Gasteiger partial charge >= 0.3 is 0 Å². The van der Waals surface area contributed by atoms with Crippen LogP contribution >= 0.6 is 0 Å². The number of nitrogens with one attached hydrogen (secondary N) is 1. The summed E-state index contributed by atoms with van der Waals surface area (Å²) in [6, 6.07) is 11.4. The molecule has 2 N–H and O–H groups in total. The zero-order valence-corrected chi connectivity index (χ0v) is 13.1. The van der Waals surface area contributed by atoms with Gasteiger partial charge in [0.1, 0.15) is 0 Å². The van der Waals surface area contributed by atoms with Gasteiger partial charge in [-0.15, -0.1) is 0 Å². The predicted octanol–water partition coefficient (Wildman–Crippen LogP) is 2.25. The molecular weight excluding hydrogens is 292 g/mol. The molecule has 0 spiro atoms. The third-order valence-corrected chi connectivity index (χ3v) is 4.10. The van der Waals surface area contributed by atoms with E-state index in [1.807, 2.05) is 30.3 Å². The minimum atomic E-state index is -0.212. The number of anilines is 1. The summed E-state index contributed by atoms with van der Waals surface area (Å²) in [5.74, 6) is -0.172. The van der Waals surface area contributed by atoms with Crippen molar-refractivity contribution in [2.24, 2.45) is 5.92 Å². The van der Waals surface area contributed by atoms with Gasteiger partial charge in [-0.1, -0.05) is 24.3 Å². The Morgan fingerprint density at radius 3 is 2.48 bits per heavy atom. The second-order valence-corrected chi connectivity index (χ2v) is 5.96. The van der Waals surface area contributed by atoms with Crippen LogP contribution in [0.3, 0.4) is 0 Å². The molecule has 120 valence electrons. The molecule has 1 fully saturated rings. The molecule has 0 bridgehead atoms. The molecule has 1 saturated carbocycles. The molecule has 2 aromatic carbocycles. The van der Waals surface area contributed by atoms with Crippen LogP contribution in [0.4, 0.5) is 5.69 Å². The van der Waals surface area contributed by atoms with Gasteiger partial charge in [-0.3, -0.25) is 9.59 Å². The zero-order valence-electron chi connectivity index (χ0n) is 13.1. The lowest BCUT2D eigenvalue weighted by molar-refractivity contribution is -0.117. The molecule has 0 unspecified atom stereocenters. The fourth-order valence-corrected chi connectivity index (χ4v) is 2.56. The van der Waals surface area contributed by atoms with Crippen LogP contribution in [0, 0.1) is 5.92 Å². The topological polar surface area (TPSA) is 69.6 Å². The van der Waals surface area contributed by atoms with E-state index in [1.54, 1.807) is 13.1 Å². The molecule has 0 aromatic heterocycles. The van der Waals surface area contributed by atoms with E-state index in [-0.39, 0.29) is 30.9 Å². The Balaban J connectivity index is 2.00. The van der Waals surface area contributed by atoms with E-state index in [0.29, 0.717) is 11.3 Å². The second kappa shape index (κ2) is 6.38. The van der Waals surface area contributed by atoms with Gasteiger partial charge in [-0.05, 0) is 35.7 Å². The summed E-state index contributed by atoms with van der Waals surface area (Å²) in [5.41, 5.74) is 0.990. The molecule has 2 amide bonds. The summed E-state index contributed by atoms with van der Waals surface area (Å²) < 4.78 is 0. The lowest BCUT2D eigenvalue weighted by Gasteiger charge is -2.19. The van der Waals surface area contributed by atoms with Crippen LogP contribution in [0.15, 0.2) is 36.4 Å². The van der Waals surface area contributed by atoms with E-state index in [0.717, 1.165) is 23.6 Å². The minimum Gasteiger partial charge on any atom is -0.395 e. The number of aliphatic hydroxyl groups is 1. The van der Waals surface area contributed by atoms with Crippen LogP contribution in [0.25, 0.3) is 10.8 Å². The quantitative estimate of drug-likeness (QED) is 0.889. The normalized spacial score (nSPS) is 13.8. The molecule has 5 heteroatoms. The van der Waals surface area contributed by atoms with Crippen LogP contribution in [-0.2, 0) is 4.79 Å². The SMILES string of the molecule is CN(CCO)C(=O)c1cc2ccccc2cc1NC(=O)C1CC1. The molecule has 0 heterocycles. The number of amides is 2.